The SMILES string of the molecule is O=C(CCSCC(N=NCc1ccccc1)C(=O)NN=Cc1ccccc1)NN=Cc1ccccc1. The van der Waals surface area contributed by atoms with E-state index in [-0.39, 0.29) is 18.2 Å². The van der Waals surface area contributed by atoms with Crippen LogP contribution in [0, 0.1) is 0 Å². The van der Waals surface area contributed by atoms with Gasteiger partial charge in [-0.3, -0.25) is 9.59 Å². The zero-order valence-electron chi connectivity index (χ0n) is 19.7. The summed E-state index contributed by atoms with van der Waals surface area (Å²) in [5, 5.41) is 16.4. The van der Waals surface area contributed by atoms with E-state index in [1.165, 1.54) is 11.8 Å². The maximum Gasteiger partial charge on any atom is 0.267 e. The maximum atomic E-state index is 12.7. The lowest BCUT2D eigenvalue weighted by Gasteiger charge is -2.09. The van der Waals surface area contributed by atoms with E-state index >= 15 is 0 Å². The second kappa shape index (κ2) is 15.7. The largest absolute Gasteiger partial charge is 0.273 e. The lowest BCUT2D eigenvalue weighted by Crippen LogP contribution is -2.32. The molecule has 1 unspecified atom stereocenters. The summed E-state index contributed by atoms with van der Waals surface area (Å²) in [6, 6.07) is 27.9. The molecule has 9 heteroatoms. The number of hydrazone groups is 2. The summed E-state index contributed by atoms with van der Waals surface area (Å²) in [4.78, 5) is 24.7. The van der Waals surface area contributed by atoms with Crippen molar-refractivity contribution in [2.75, 3.05) is 11.5 Å². The summed E-state index contributed by atoms with van der Waals surface area (Å²) in [7, 11) is 0. The van der Waals surface area contributed by atoms with E-state index in [0.717, 1.165) is 16.7 Å². The molecule has 184 valence electrons. The third kappa shape index (κ3) is 10.4. The lowest BCUT2D eigenvalue weighted by molar-refractivity contribution is -0.122. The van der Waals surface area contributed by atoms with Crippen LogP contribution in [-0.2, 0) is 16.1 Å². The van der Waals surface area contributed by atoms with E-state index in [4.69, 9.17) is 0 Å². The van der Waals surface area contributed by atoms with Crippen molar-refractivity contribution < 1.29 is 9.59 Å². The molecular weight excluding hydrogens is 472 g/mol. The van der Waals surface area contributed by atoms with Gasteiger partial charge in [-0.05, 0) is 16.7 Å². The van der Waals surface area contributed by atoms with E-state index in [9.17, 15) is 9.59 Å². The Morgan fingerprint density at radius 3 is 1.94 bits per heavy atom. The van der Waals surface area contributed by atoms with Crippen molar-refractivity contribution in [2.45, 2.75) is 19.0 Å². The fourth-order valence-corrected chi connectivity index (χ4v) is 3.82. The van der Waals surface area contributed by atoms with Crippen molar-refractivity contribution in [1.82, 2.24) is 10.9 Å². The summed E-state index contributed by atoms with van der Waals surface area (Å²) in [6.07, 6.45) is 3.43. The van der Waals surface area contributed by atoms with E-state index in [1.54, 1.807) is 12.4 Å². The smallest absolute Gasteiger partial charge is 0.267 e. The van der Waals surface area contributed by atoms with Gasteiger partial charge < -0.3 is 0 Å². The molecule has 0 spiro atoms. The van der Waals surface area contributed by atoms with Crippen molar-refractivity contribution in [3.05, 3.63) is 108 Å². The maximum absolute atomic E-state index is 12.7. The first-order valence-corrected chi connectivity index (χ1v) is 12.6. The van der Waals surface area contributed by atoms with E-state index < -0.39 is 6.04 Å². The van der Waals surface area contributed by atoms with Crippen LogP contribution in [-0.4, -0.2) is 41.8 Å². The van der Waals surface area contributed by atoms with Gasteiger partial charge in [0.15, 0.2) is 6.04 Å². The average Bonchev–Trinajstić information content (AvgIpc) is 2.92. The molecule has 0 aliphatic heterocycles. The molecule has 3 rings (SSSR count). The van der Waals surface area contributed by atoms with E-state index in [1.807, 2.05) is 91.0 Å². The number of carbonyl (C=O) groups excluding carboxylic acids is 2. The number of rotatable bonds is 13. The number of benzene rings is 3. The molecule has 0 saturated carbocycles. The van der Waals surface area contributed by atoms with Crippen LogP contribution in [0.5, 0.6) is 0 Å². The predicted octanol–water partition coefficient (Wildman–Crippen LogP) is 4.43. The molecule has 0 bridgehead atoms. The number of hydrogen-bond donors (Lipinski definition) is 2. The highest BCUT2D eigenvalue weighted by molar-refractivity contribution is 7.99. The second-order valence-electron chi connectivity index (χ2n) is 7.59. The Kier molecular flexibility index (Phi) is 11.6. The van der Waals surface area contributed by atoms with Gasteiger partial charge in [0, 0.05) is 17.9 Å². The minimum atomic E-state index is -0.731. The van der Waals surface area contributed by atoms with Crippen LogP contribution < -0.4 is 10.9 Å². The fourth-order valence-electron chi connectivity index (χ4n) is 2.88. The number of nitrogens with one attached hydrogen (secondary N) is 2. The second-order valence-corrected chi connectivity index (χ2v) is 8.74. The molecule has 2 amide bonds. The number of hydrogen-bond acceptors (Lipinski definition) is 7. The molecule has 2 N–H and O–H groups in total. The van der Waals surface area contributed by atoms with Crippen LogP contribution in [0.4, 0.5) is 0 Å². The first-order valence-electron chi connectivity index (χ1n) is 11.4. The van der Waals surface area contributed by atoms with Gasteiger partial charge in [0.2, 0.25) is 5.91 Å². The standard InChI is InChI=1S/C27H28N6O2S/c34-26(32-29-19-23-12-6-2-7-13-23)16-17-36-21-25(31-28-18-22-10-4-1-5-11-22)27(35)33-30-20-24-14-8-3-9-15-24/h1-15,19-20,25H,16-18,21H2,(H,32,34)(H,33,35). The molecule has 3 aromatic carbocycles. The molecule has 3 aromatic rings. The minimum Gasteiger partial charge on any atom is -0.273 e. The Bertz CT molecular complexity index is 1150. The molecule has 0 saturated heterocycles. The highest BCUT2D eigenvalue weighted by atomic mass is 32.2. The molecular formula is C27H28N6O2S. The Morgan fingerprint density at radius 1 is 0.778 bits per heavy atom. The molecule has 1 atom stereocenters. The van der Waals surface area contributed by atoms with Crippen molar-refractivity contribution in [3.8, 4) is 0 Å². The number of amides is 2. The number of carbonyl (C=O) groups is 2. The summed E-state index contributed by atoms with van der Waals surface area (Å²) in [5.41, 5.74) is 7.83. The van der Waals surface area contributed by atoms with E-state index in [0.29, 0.717) is 18.1 Å². The van der Waals surface area contributed by atoms with Gasteiger partial charge in [0.1, 0.15) is 0 Å². The van der Waals surface area contributed by atoms with Gasteiger partial charge >= 0.3 is 0 Å². The van der Waals surface area contributed by atoms with Crippen molar-refractivity contribution in [2.24, 2.45) is 20.4 Å². The van der Waals surface area contributed by atoms with Crippen LogP contribution in [0.2, 0.25) is 0 Å². The first kappa shape index (κ1) is 26.5. The van der Waals surface area contributed by atoms with Crippen molar-refractivity contribution >= 4 is 36.0 Å². The van der Waals surface area contributed by atoms with Crippen LogP contribution in [0.15, 0.2) is 111 Å². The lowest BCUT2D eigenvalue weighted by atomic mass is 10.2. The van der Waals surface area contributed by atoms with Gasteiger partial charge in [0.05, 0.1) is 19.0 Å². The van der Waals surface area contributed by atoms with Crippen LogP contribution in [0.3, 0.4) is 0 Å². The number of azo groups is 1. The first-order chi connectivity index (χ1) is 17.7. The van der Waals surface area contributed by atoms with Crippen LogP contribution in [0.25, 0.3) is 0 Å². The molecule has 0 aromatic heterocycles. The Hall–Kier alpha value is -4.11. The average molecular weight is 501 g/mol. The molecule has 36 heavy (non-hydrogen) atoms. The van der Waals surface area contributed by atoms with Gasteiger partial charge in [-0.1, -0.05) is 91.0 Å². The Labute approximate surface area is 215 Å². The minimum absolute atomic E-state index is 0.200. The highest BCUT2D eigenvalue weighted by Crippen LogP contribution is 2.10. The zero-order valence-corrected chi connectivity index (χ0v) is 20.6. The Balaban J connectivity index is 1.47. The Morgan fingerprint density at radius 2 is 1.33 bits per heavy atom. The molecule has 8 nitrogen and oxygen atoms in total. The zero-order chi connectivity index (χ0) is 25.3. The normalized spacial score (nSPS) is 12.2. The number of thioether (sulfide) groups is 1. The monoisotopic (exact) mass is 500 g/mol. The number of nitrogens with zero attached hydrogens (tertiary/aromatic N) is 4. The quantitative estimate of drug-likeness (QED) is 0.157. The summed E-state index contributed by atoms with van der Waals surface area (Å²) in [5.74, 6) is 0.320. The van der Waals surface area contributed by atoms with Gasteiger partial charge in [-0.15, -0.1) is 0 Å². The summed E-state index contributed by atoms with van der Waals surface area (Å²) < 4.78 is 0. The summed E-state index contributed by atoms with van der Waals surface area (Å²) in [6.45, 7) is 0.379. The van der Waals surface area contributed by atoms with E-state index in [2.05, 4.69) is 31.3 Å². The molecule has 0 aliphatic carbocycles. The van der Waals surface area contributed by atoms with Crippen molar-refractivity contribution in [1.29, 1.82) is 0 Å². The van der Waals surface area contributed by atoms with Gasteiger partial charge in [-0.2, -0.15) is 32.2 Å². The summed E-state index contributed by atoms with van der Waals surface area (Å²) >= 11 is 1.44. The van der Waals surface area contributed by atoms with Gasteiger partial charge in [0.25, 0.3) is 5.91 Å². The highest BCUT2D eigenvalue weighted by Gasteiger charge is 2.18. The molecule has 0 heterocycles. The fraction of sp³-hybridized carbons (Fsp3) is 0.185. The van der Waals surface area contributed by atoms with Crippen LogP contribution >= 0.6 is 11.8 Å². The third-order valence-corrected chi connectivity index (χ3v) is 5.80. The molecule has 0 fully saturated rings. The topological polar surface area (TPSA) is 108 Å². The molecule has 0 aliphatic rings. The van der Waals surface area contributed by atoms with Crippen molar-refractivity contribution in [3.63, 3.8) is 0 Å². The van der Waals surface area contributed by atoms with Crippen LogP contribution in [0.1, 0.15) is 23.1 Å². The molecule has 0 radical (unpaired) electrons. The third-order valence-electron chi connectivity index (χ3n) is 4.76. The predicted molar refractivity (Wildman–Crippen MR) is 145 cm³/mol. The van der Waals surface area contributed by atoms with Gasteiger partial charge in [-0.25, -0.2) is 10.9 Å².